The minimum atomic E-state index is -0.806. The minimum absolute atomic E-state index is 0.0574. The maximum Gasteiger partial charge on any atom is 0.305 e. The van der Waals surface area contributed by atoms with Crippen molar-refractivity contribution in [3.05, 3.63) is 48.0 Å². The van der Waals surface area contributed by atoms with Gasteiger partial charge in [0.1, 0.15) is 0 Å². The fraction of sp³-hybridized carbons (Fsp3) is 0.267. The van der Waals surface area contributed by atoms with Crippen molar-refractivity contribution < 1.29 is 9.90 Å². The van der Waals surface area contributed by atoms with Gasteiger partial charge in [0, 0.05) is 0 Å². The third-order valence-electron chi connectivity index (χ3n) is 3.44. The molecule has 2 aromatic carbocycles. The second kappa shape index (κ2) is 4.78. The van der Waals surface area contributed by atoms with Crippen molar-refractivity contribution in [2.45, 2.75) is 18.9 Å². The van der Waals surface area contributed by atoms with E-state index in [2.05, 4.69) is 11.4 Å². The molecule has 0 spiro atoms. The molecule has 0 radical (unpaired) electrons. The summed E-state index contributed by atoms with van der Waals surface area (Å²) in [5.74, 6) is -0.806. The number of benzene rings is 2. The van der Waals surface area contributed by atoms with Crippen molar-refractivity contribution in [3.63, 3.8) is 0 Å². The Labute approximate surface area is 106 Å². The number of fused-ring (bicyclic) bond motifs is 1. The average molecular weight is 243 g/mol. The number of hydrogen-bond acceptors (Lipinski definition) is 2. The molecule has 94 valence electrons. The van der Waals surface area contributed by atoms with E-state index in [4.69, 9.17) is 5.11 Å². The van der Waals surface area contributed by atoms with Crippen LogP contribution in [0, 0.1) is 0 Å². The van der Waals surface area contributed by atoms with Gasteiger partial charge in [-0.25, -0.2) is 0 Å². The minimum Gasteiger partial charge on any atom is -0.481 e. The standard InChI is InChI=1S/C15H17NO2/c1-15(16-2,10-14(17)18)13-8-7-11-5-3-4-6-12(11)9-13/h3-9,16H,10H2,1-2H3,(H,17,18). The zero-order valence-corrected chi connectivity index (χ0v) is 10.6. The van der Waals surface area contributed by atoms with E-state index in [9.17, 15) is 4.79 Å². The van der Waals surface area contributed by atoms with Gasteiger partial charge in [0.25, 0.3) is 0 Å². The summed E-state index contributed by atoms with van der Waals surface area (Å²) in [7, 11) is 1.79. The van der Waals surface area contributed by atoms with E-state index in [-0.39, 0.29) is 6.42 Å². The van der Waals surface area contributed by atoms with E-state index >= 15 is 0 Å². The highest BCUT2D eigenvalue weighted by Crippen LogP contribution is 2.27. The van der Waals surface area contributed by atoms with Gasteiger partial charge in [0.15, 0.2) is 0 Å². The second-order valence-electron chi connectivity index (χ2n) is 4.71. The summed E-state index contributed by atoms with van der Waals surface area (Å²) in [6.07, 6.45) is 0.0574. The SMILES string of the molecule is CNC(C)(CC(=O)O)c1ccc2ccccc2c1. The maximum atomic E-state index is 11.0. The smallest absolute Gasteiger partial charge is 0.305 e. The van der Waals surface area contributed by atoms with Crippen molar-refractivity contribution >= 4 is 16.7 Å². The average Bonchev–Trinajstić information content (AvgIpc) is 2.37. The summed E-state index contributed by atoms with van der Waals surface area (Å²) >= 11 is 0. The van der Waals surface area contributed by atoms with Crippen LogP contribution in [-0.2, 0) is 10.3 Å². The van der Waals surface area contributed by atoms with Crippen LogP contribution in [0.3, 0.4) is 0 Å². The normalized spacial score (nSPS) is 14.3. The molecule has 2 N–H and O–H groups in total. The van der Waals surface area contributed by atoms with Crippen LogP contribution in [0.5, 0.6) is 0 Å². The molecule has 0 saturated heterocycles. The van der Waals surface area contributed by atoms with Gasteiger partial charge in [-0.3, -0.25) is 4.79 Å². The second-order valence-corrected chi connectivity index (χ2v) is 4.71. The molecule has 0 bridgehead atoms. The first-order chi connectivity index (χ1) is 8.55. The summed E-state index contributed by atoms with van der Waals surface area (Å²) in [6, 6.07) is 14.1. The van der Waals surface area contributed by atoms with Crippen LogP contribution < -0.4 is 5.32 Å². The highest BCUT2D eigenvalue weighted by atomic mass is 16.4. The lowest BCUT2D eigenvalue weighted by Crippen LogP contribution is -2.38. The van der Waals surface area contributed by atoms with Crippen LogP contribution in [0.15, 0.2) is 42.5 Å². The van der Waals surface area contributed by atoms with E-state index < -0.39 is 11.5 Å². The van der Waals surface area contributed by atoms with Crippen molar-refractivity contribution in [1.82, 2.24) is 5.32 Å². The largest absolute Gasteiger partial charge is 0.481 e. The molecule has 0 heterocycles. The van der Waals surface area contributed by atoms with Crippen LogP contribution in [0.25, 0.3) is 10.8 Å². The third kappa shape index (κ3) is 2.36. The number of hydrogen-bond donors (Lipinski definition) is 2. The van der Waals surface area contributed by atoms with E-state index in [0.29, 0.717) is 0 Å². The van der Waals surface area contributed by atoms with Crippen molar-refractivity contribution in [3.8, 4) is 0 Å². The molecule has 0 aliphatic heterocycles. The molecule has 3 nitrogen and oxygen atoms in total. The van der Waals surface area contributed by atoms with Crippen LogP contribution in [0.1, 0.15) is 18.9 Å². The van der Waals surface area contributed by atoms with Crippen molar-refractivity contribution in [2.24, 2.45) is 0 Å². The van der Waals surface area contributed by atoms with Crippen LogP contribution >= 0.6 is 0 Å². The van der Waals surface area contributed by atoms with Gasteiger partial charge in [0.2, 0.25) is 0 Å². The summed E-state index contributed by atoms with van der Waals surface area (Å²) in [5, 5.41) is 14.4. The number of nitrogens with one attached hydrogen (secondary N) is 1. The van der Waals surface area contributed by atoms with Crippen LogP contribution in [0.4, 0.5) is 0 Å². The molecular formula is C15H17NO2. The van der Waals surface area contributed by atoms with Crippen LogP contribution in [0.2, 0.25) is 0 Å². The van der Waals surface area contributed by atoms with Gasteiger partial charge in [-0.15, -0.1) is 0 Å². The highest BCUT2D eigenvalue weighted by molar-refractivity contribution is 5.83. The fourth-order valence-corrected chi connectivity index (χ4v) is 2.17. The molecule has 3 heteroatoms. The number of carbonyl (C=O) groups is 1. The molecule has 0 saturated carbocycles. The molecule has 1 unspecified atom stereocenters. The fourth-order valence-electron chi connectivity index (χ4n) is 2.17. The molecule has 1 atom stereocenters. The zero-order valence-electron chi connectivity index (χ0n) is 10.6. The molecule has 18 heavy (non-hydrogen) atoms. The van der Waals surface area contributed by atoms with E-state index in [1.54, 1.807) is 7.05 Å². The van der Waals surface area contributed by atoms with Gasteiger partial charge in [-0.2, -0.15) is 0 Å². The highest BCUT2D eigenvalue weighted by Gasteiger charge is 2.27. The number of rotatable bonds is 4. The summed E-state index contributed by atoms with van der Waals surface area (Å²) in [5.41, 5.74) is 0.446. The monoisotopic (exact) mass is 243 g/mol. The molecule has 0 aliphatic rings. The Morgan fingerprint density at radius 1 is 1.22 bits per heavy atom. The quantitative estimate of drug-likeness (QED) is 0.868. The van der Waals surface area contributed by atoms with Gasteiger partial charge >= 0.3 is 5.97 Å². The Balaban J connectivity index is 2.48. The molecule has 2 aromatic rings. The van der Waals surface area contributed by atoms with Crippen molar-refractivity contribution in [2.75, 3.05) is 7.05 Å². The lowest BCUT2D eigenvalue weighted by atomic mass is 9.87. The summed E-state index contributed by atoms with van der Waals surface area (Å²) in [4.78, 5) is 11.0. The molecular weight excluding hydrogens is 226 g/mol. The zero-order chi connectivity index (χ0) is 13.2. The van der Waals surface area contributed by atoms with E-state index in [0.717, 1.165) is 16.3 Å². The molecule has 0 aliphatic carbocycles. The van der Waals surface area contributed by atoms with E-state index in [1.165, 1.54) is 0 Å². The molecule has 2 rings (SSSR count). The number of aliphatic carboxylic acids is 1. The first-order valence-electron chi connectivity index (χ1n) is 5.95. The molecule has 0 fully saturated rings. The molecule has 0 aromatic heterocycles. The maximum absolute atomic E-state index is 11.0. The third-order valence-corrected chi connectivity index (χ3v) is 3.44. The predicted molar refractivity (Wildman–Crippen MR) is 72.6 cm³/mol. The number of carboxylic acids is 1. The molecule has 0 amide bonds. The van der Waals surface area contributed by atoms with Crippen molar-refractivity contribution in [1.29, 1.82) is 0 Å². The van der Waals surface area contributed by atoms with Gasteiger partial charge in [0.05, 0.1) is 12.0 Å². The Morgan fingerprint density at radius 2 is 1.89 bits per heavy atom. The van der Waals surface area contributed by atoms with Gasteiger partial charge in [-0.05, 0) is 36.4 Å². The lowest BCUT2D eigenvalue weighted by molar-refractivity contribution is -0.138. The summed E-state index contributed by atoms with van der Waals surface area (Å²) < 4.78 is 0. The summed E-state index contributed by atoms with van der Waals surface area (Å²) in [6.45, 7) is 1.91. The Hall–Kier alpha value is -1.87. The number of carboxylic acid groups (broad SMARTS) is 1. The van der Waals surface area contributed by atoms with Gasteiger partial charge < -0.3 is 10.4 Å². The first kappa shape index (κ1) is 12.6. The predicted octanol–water partition coefficient (Wildman–Crippen LogP) is 2.75. The topological polar surface area (TPSA) is 49.3 Å². The Morgan fingerprint density at radius 3 is 2.50 bits per heavy atom. The van der Waals surface area contributed by atoms with Crippen LogP contribution in [-0.4, -0.2) is 18.1 Å². The lowest BCUT2D eigenvalue weighted by Gasteiger charge is -2.28. The first-order valence-corrected chi connectivity index (χ1v) is 5.95. The Bertz CT molecular complexity index is 579. The van der Waals surface area contributed by atoms with Gasteiger partial charge in [-0.1, -0.05) is 36.4 Å². The Kier molecular flexibility index (Phi) is 3.34. The van der Waals surface area contributed by atoms with E-state index in [1.807, 2.05) is 43.3 Å².